The molecule has 0 aliphatic carbocycles. The second-order valence-electron chi connectivity index (χ2n) is 6.57. The number of anilines is 2. The number of imidazole rings is 1. The van der Waals surface area contributed by atoms with Crippen LogP contribution in [0.3, 0.4) is 0 Å². The molecule has 0 bridgehead atoms. The van der Waals surface area contributed by atoms with Crippen LogP contribution in [0.25, 0.3) is 22.1 Å². The van der Waals surface area contributed by atoms with E-state index in [1.807, 2.05) is 69.3 Å². The summed E-state index contributed by atoms with van der Waals surface area (Å²) in [6.07, 6.45) is 2.99. The average molecular weight is 431 g/mol. The van der Waals surface area contributed by atoms with Gasteiger partial charge in [0.2, 0.25) is 0 Å². The highest BCUT2D eigenvalue weighted by Gasteiger charge is 2.08. The zero-order chi connectivity index (χ0) is 22.9. The fraction of sp³-hybridized carbons (Fsp3) is 0.174. The number of nitrogens with zero attached hydrogens (tertiary/aromatic N) is 4. The first kappa shape index (κ1) is 22.4. The Morgan fingerprint density at radius 3 is 2.50 bits per heavy atom. The van der Waals surface area contributed by atoms with Gasteiger partial charge >= 0.3 is 0 Å². The molecule has 9 heteroatoms. The molecule has 2 aromatic carbocycles. The smallest absolute Gasteiger partial charge is 0.259 e. The normalized spacial score (nSPS) is 10.1. The number of aromatic amines is 2. The number of aromatic nitrogens is 6. The highest BCUT2D eigenvalue weighted by molar-refractivity contribution is 5.82. The Morgan fingerprint density at radius 1 is 1.00 bits per heavy atom. The topological polar surface area (TPSA) is 138 Å². The first-order chi connectivity index (χ1) is 15.6. The van der Waals surface area contributed by atoms with Gasteiger partial charge < -0.3 is 21.0 Å². The Hall–Kier alpha value is -4.27. The monoisotopic (exact) mass is 430 g/mol. The van der Waals surface area contributed by atoms with E-state index in [0.29, 0.717) is 40.3 Å². The minimum absolute atomic E-state index is 0.140. The Bertz CT molecular complexity index is 1340. The Labute approximate surface area is 185 Å². The van der Waals surface area contributed by atoms with Gasteiger partial charge in [-0.1, -0.05) is 44.2 Å². The maximum Gasteiger partial charge on any atom is 0.259 e. The minimum atomic E-state index is -0.140. The molecule has 0 radical (unpaired) electrons. The van der Waals surface area contributed by atoms with Gasteiger partial charge in [-0.05, 0) is 30.7 Å². The van der Waals surface area contributed by atoms with Gasteiger partial charge in [-0.25, -0.2) is 19.9 Å². The van der Waals surface area contributed by atoms with Gasteiger partial charge in [0, 0.05) is 5.69 Å². The zero-order valence-electron chi connectivity index (χ0n) is 18.3. The van der Waals surface area contributed by atoms with Gasteiger partial charge in [-0.15, -0.1) is 0 Å². The molecule has 164 valence electrons. The molecule has 3 heterocycles. The van der Waals surface area contributed by atoms with E-state index >= 15 is 0 Å². The molecule has 5 N–H and O–H groups in total. The fourth-order valence-electron chi connectivity index (χ4n) is 3.01. The summed E-state index contributed by atoms with van der Waals surface area (Å²) in [6.45, 7) is 6.23. The molecule has 9 nitrogen and oxygen atoms in total. The zero-order valence-corrected chi connectivity index (χ0v) is 18.3. The van der Waals surface area contributed by atoms with Crippen molar-refractivity contribution < 1.29 is 0 Å². The molecule has 0 spiro atoms. The summed E-state index contributed by atoms with van der Waals surface area (Å²) in [5.74, 6) is 1.15. The molecule has 5 rings (SSSR count). The second kappa shape index (κ2) is 10.7. The van der Waals surface area contributed by atoms with Crippen molar-refractivity contribution in [1.29, 1.82) is 0 Å². The van der Waals surface area contributed by atoms with E-state index in [-0.39, 0.29) is 5.56 Å². The Balaban J connectivity index is 0.000000272. The summed E-state index contributed by atoms with van der Waals surface area (Å²) >= 11 is 0. The SMILES string of the molecule is CC.Cc1cccc2nc(CNc3ncnc4nc[nH]c34)[nH]c(=O)c12.Nc1ccccc1. The molecule has 0 atom stereocenters. The van der Waals surface area contributed by atoms with Gasteiger partial charge in [0.05, 0.1) is 23.8 Å². The lowest BCUT2D eigenvalue weighted by Crippen LogP contribution is -2.15. The number of aryl methyl sites for hydroxylation is 1. The lowest BCUT2D eigenvalue weighted by atomic mass is 10.1. The lowest BCUT2D eigenvalue weighted by molar-refractivity contribution is 0.944. The van der Waals surface area contributed by atoms with Crippen molar-refractivity contribution in [2.24, 2.45) is 0 Å². The number of hydrogen-bond donors (Lipinski definition) is 4. The largest absolute Gasteiger partial charge is 0.399 e. The van der Waals surface area contributed by atoms with Crippen LogP contribution >= 0.6 is 0 Å². The number of benzene rings is 2. The van der Waals surface area contributed by atoms with Crippen LogP contribution in [-0.4, -0.2) is 29.9 Å². The standard InChI is InChI=1S/C15H13N7O.C6H7N.C2H6/c1-8-3-2-4-9-11(8)15(23)22-10(21-9)5-16-13-12-14(18-6-17-12)20-7-19-13;7-6-4-2-1-3-5-6;1-2/h2-4,6-7H,5H2,1H3,(H,21,22,23)(H2,16,17,18,19,20);1-5H,7H2;1-2H3. The van der Waals surface area contributed by atoms with Gasteiger partial charge in [0.15, 0.2) is 11.5 Å². The predicted octanol–water partition coefficient (Wildman–Crippen LogP) is 3.80. The van der Waals surface area contributed by atoms with Crippen LogP contribution < -0.4 is 16.6 Å². The van der Waals surface area contributed by atoms with Crippen LogP contribution in [0.2, 0.25) is 0 Å². The molecule has 0 saturated heterocycles. The maximum absolute atomic E-state index is 12.2. The molecule has 32 heavy (non-hydrogen) atoms. The van der Waals surface area contributed by atoms with Crippen LogP contribution in [0.5, 0.6) is 0 Å². The van der Waals surface area contributed by atoms with E-state index < -0.39 is 0 Å². The molecule has 0 aliphatic heterocycles. The van der Waals surface area contributed by atoms with Gasteiger partial charge in [-0.3, -0.25) is 4.79 Å². The molecule has 0 aliphatic rings. The molecule has 0 saturated carbocycles. The van der Waals surface area contributed by atoms with Crippen LogP contribution in [0.4, 0.5) is 11.5 Å². The number of nitrogens with one attached hydrogen (secondary N) is 3. The Morgan fingerprint density at radius 2 is 1.78 bits per heavy atom. The van der Waals surface area contributed by atoms with E-state index in [9.17, 15) is 4.79 Å². The molecule has 0 fully saturated rings. The van der Waals surface area contributed by atoms with Crippen LogP contribution in [0, 0.1) is 6.92 Å². The van der Waals surface area contributed by atoms with E-state index in [1.165, 1.54) is 6.33 Å². The number of fused-ring (bicyclic) bond motifs is 2. The third-order valence-corrected chi connectivity index (χ3v) is 4.44. The first-order valence-electron chi connectivity index (χ1n) is 10.3. The fourth-order valence-corrected chi connectivity index (χ4v) is 3.01. The van der Waals surface area contributed by atoms with Crippen molar-refractivity contribution in [1.82, 2.24) is 29.9 Å². The molecule has 5 aromatic rings. The molecule has 3 aromatic heterocycles. The van der Waals surface area contributed by atoms with Gasteiger partial charge in [-0.2, -0.15) is 0 Å². The molecule has 0 amide bonds. The summed E-state index contributed by atoms with van der Waals surface area (Å²) in [7, 11) is 0. The maximum atomic E-state index is 12.2. The van der Waals surface area contributed by atoms with Crippen molar-refractivity contribution in [2.75, 3.05) is 11.1 Å². The molecule has 0 unspecified atom stereocenters. The predicted molar refractivity (Wildman–Crippen MR) is 128 cm³/mol. The van der Waals surface area contributed by atoms with Crippen LogP contribution in [0.1, 0.15) is 25.2 Å². The number of H-pyrrole nitrogens is 2. The summed E-state index contributed by atoms with van der Waals surface area (Å²) in [5.41, 5.74) is 8.92. The van der Waals surface area contributed by atoms with Crippen molar-refractivity contribution in [3.8, 4) is 0 Å². The highest BCUT2D eigenvalue weighted by Crippen LogP contribution is 2.15. The van der Waals surface area contributed by atoms with Gasteiger partial charge in [0.25, 0.3) is 5.56 Å². The van der Waals surface area contributed by atoms with E-state index in [4.69, 9.17) is 5.73 Å². The molecular weight excluding hydrogens is 404 g/mol. The second-order valence-corrected chi connectivity index (χ2v) is 6.57. The van der Waals surface area contributed by atoms with E-state index in [1.54, 1.807) is 6.33 Å². The van der Waals surface area contributed by atoms with Crippen LogP contribution in [0.15, 0.2) is 66.0 Å². The summed E-state index contributed by atoms with van der Waals surface area (Å²) in [5, 5.41) is 3.76. The summed E-state index contributed by atoms with van der Waals surface area (Å²) < 4.78 is 0. The third kappa shape index (κ3) is 5.25. The highest BCUT2D eigenvalue weighted by atomic mass is 16.1. The summed E-state index contributed by atoms with van der Waals surface area (Å²) in [4.78, 5) is 34.8. The number of para-hydroxylation sites is 1. The first-order valence-corrected chi connectivity index (χ1v) is 10.3. The van der Waals surface area contributed by atoms with Crippen molar-refractivity contribution in [3.63, 3.8) is 0 Å². The lowest BCUT2D eigenvalue weighted by Gasteiger charge is -2.07. The van der Waals surface area contributed by atoms with Gasteiger partial charge in [0.1, 0.15) is 17.7 Å². The van der Waals surface area contributed by atoms with E-state index in [2.05, 4.69) is 35.2 Å². The average Bonchev–Trinajstić information content (AvgIpc) is 3.29. The number of rotatable bonds is 3. The Kier molecular flexibility index (Phi) is 7.47. The van der Waals surface area contributed by atoms with Crippen molar-refractivity contribution in [2.45, 2.75) is 27.3 Å². The third-order valence-electron chi connectivity index (χ3n) is 4.44. The quantitative estimate of drug-likeness (QED) is 0.319. The van der Waals surface area contributed by atoms with Crippen molar-refractivity contribution >= 4 is 33.6 Å². The van der Waals surface area contributed by atoms with E-state index in [0.717, 1.165) is 11.3 Å². The number of hydrogen-bond acceptors (Lipinski definition) is 7. The number of nitrogen functional groups attached to an aromatic ring is 1. The van der Waals surface area contributed by atoms with Crippen molar-refractivity contribution in [3.05, 3.63) is 82.9 Å². The molecular formula is C23H26N8O. The number of nitrogens with two attached hydrogens (primary N) is 1. The summed E-state index contributed by atoms with van der Waals surface area (Å²) in [6, 6.07) is 15.1. The minimum Gasteiger partial charge on any atom is -0.399 e. The van der Waals surface area contributed by atoms with Crippen LogP contribution in [-0.2, 0) is 6.54 Å².